The van der Waals surface area contributed by atoms with Crippen LogP contribution < -0.4 is 15.4 Å². The van der Waals surface area contributed by atoms with Crippen molar-refractivity contribution in [3.8, 4) is 5.75 Å². The molecule has 9 heteroatoms. The lowest BCUT2D eigenvalue weighted by atomic mass is 10.2. The molecule has 0 amide bonds. The molecule has 0 aliphatic rings. The molecule has 0 atom stereocenters. The number of para-hydroxylation sites is 1. The van der Waals surface area contributed by atoms with Gasteiger partial charge in [-0.05, 0) is 32.8 Å². The smallest absolute Gasteiger partial charge is 0.422 e. The van der Waals surface area contributed by atoms with Gasteiger partial charge in [-0.1, -0.05) is 18.2 Å². The Morgan fingerprint density at radius 2 is 1.85 bits per heavy atom. The summed E-state index contributed by atoms with van der Waals surface area (Å²) in [6.07, 6.45) is -2.47. The fourth-order valence-electron chi connectivity index (χ4n) is 2.12. The van der Waals surface area contributed by atoms with Crippen molar-refractivity contribution in [2.75, 3.05) is 32.9 Å². The Morgan fingerprint density at radius 3 is 2.52 bits per heavy atom. The van der Waals surface area contributed by atoms with Crippen LogP contribution in [-0.4, -0.2) is 45.0 Å². The van der Waals surface area contributed by atoms with Crippen LogP contribution in [0.4, 0.5) is 13.2 Å². The Hall–Kier alpha value is -1.23. The minimum atomic E-state index is -4.37. The molecule has 1 aromatic rings. The van der Waals surface area contributed by atoms with Crippen LogP contribution in [0.3, 0.4) is 0 Å². The van der Waals surface area contributed by atoms with Crippen molar-refractivity contribution in [3.63, 3.8) is 0 Å². The van der Waals surface area contributed by atoms with Gasteiger partial charge in [-0.3, -0.25) is 0 Å². The number of hydrogen-bond acceptors (Lipinski definition) is 3. The lowest BCUT2D eigenvalue weighted by Gasteiger charge is -2.14. The van der Waals surface area contributed by atoms with Crippen molar-refractivity contribution in [1.29, 1.82) is 0 Å². The number of benzene rings is 1. The van der Waals surface area contributed by atoms with E-state index >= 15 is 0 Å². The van der Waals surface area contributed by atoms with Gasteiger partial charge in [-0.15, -0.1) is 24.0 Å². The van der Waals surface area contributed by atoms with Crippen LogP contribution in [0.2, 0.25) is 0 Å². The molecule has 27 heavy (non-hydrogen) atoms. The second-order valence-corrected chi connectivity index (χ2v) is 5.54. The van der Waals surface area contributed by atoms with Crippen molar-refractivity contribution in [3.05, 3.63) is 29.8 Å². The summed E-state index contributed by atoms with van der Waals surface area (Å²) in [4.78, 5) is 4.42. The predicted octanol–water partition coefficient (Wildman–Crippen LogP) is 4.12. The van der Waals surface area contributed by atoms with E-state index in [-0.39, 0.29) is 36.3 Å². The van der Waals surface area contributed by atoms with Crippen molar-refractivity contribution in [1.82, 2.24) is 10.6 Å². The van der Waals surface area contributed by atoms with E-state index in [0.29, 0.717) is 24.7 Å². The Morgan fingerprint density at radius 1 is 1.11 bits per heavy atom. The van der Waals surface area contributed by atoms with Crippen LogP contribution in [0.5, 0.6) is 5.75 Å². The van der Waals surface area contributed by atoms with Crippen LogP contribution in [0, 0.1) is 0 Å². The van der Waals surface area contributed by atoms with E-state index in [0.717, 1.165) is 26.0 Å². The van der Waals surface area contributed by atoms with Gasteiger partial charge >= 0.3 is 6.18 Å². The van der Waals surface area contributed by atoms with Gasteiger partial charge in [-0.2, -0.15) is 13.2 Å². The molecule has 0 aromatic heterocycles. The molecule has 0 aliphatic heterocycles. The SMILES string of the molecule is CCNC(=NCc1ccccc1OCC(F)(F)F)NCCCCOCC.I. The molecule has 0 fully saturated rings. The van der Waals surface area contributed by atoms with Gasteiger partial charge in [0, 0.05) is 31.9 Å². The van der Waals surface area contributed by atoms with Crippen LogP contribution >= 0.6 is 24.0 Å². The lowest BCUT2D eigenvalue weighted by molar-refractivity contribution is -0.153. The summed E-state index contributed by atoms with van der Waals surface area (Å²) >= 11 is 0. The number of ether oxygens (including phenoxy) is 2. The third kappa shape index (κ3) is 12.7. The Bertz CT molecular complexity index is 543. The van der Waals surface area contributed by atoms with Gasteiger partial charge in [-0.25, -0.2) is 4.99 Å². The lowest BCUT2D eigenvalue weighted by Crippen LogP contribution is -2.37. The predicted molar refractivity (Wildman–Crippen MR) is 112 cm³/mol. The Balaban J connectivity index is 0.00000676. The summed E-state index contributed by atoms with van der Waals surface area (Å²) < 4.78 is 47.2. The first-order chi connectivity index (χ1) is 12.5. The fourth-order valence-corrected chi connectivity index (χ4v) is 2.12. The van der Waals surface area contributed by atoms with E-state index in [4.69, 9.17) is 9.47 Å². The van der Waals surface area contributed by atoms with Gasteiger partial charge in [0.05, 0.1) is 6.54 Å². The van der Waals surface area contributed by atoms with E-state index in [1.165, 1.54) is 6.07 Å². The molecule has 0 heterocycles. The zero-order chi connectivity index (χ0) is 19.3. The molecule has 0 spiro atoms. The van der Waals surface area contributed by atoms with Crippen LogP contribution in [0.15, 0.2) is 29.3 Å². The van der Waals surface area contributed by atoms with E-state index in [1.807, 2.05) is 13.8 Å². The highest BCUT2D eigenvalue weighted by Crippen LogP contribution is 2.22. The number of hydrogen-bond donors (Lipinski definition) is 2. The summed E-state index contributed by atoms with van der Waals surface area (Å²) in [7, 11) is 0. The molecule has 0 saturated carbocycles. The van der Waals surface area contributed by atoms with Gasteiger partial charge in [0.2, 0.25) is 0 Å². The molecule has 1 rings (SSSR count). The second kappa shape index (κ2) is 14.8. The highest BCUT2D eigenvalue weighted by atomic mass is 127. The van der Waals surface area contributed by atoms with Crippen molar-refractivity contribution >= 4 is 29.9 Å². The Labute approximate surface area is 176 Å². The van der Waals surface area contributed by atoms with E-state index in [1.54, 1.807) is 18.2 Å². The van der Waals surface area contributed by atoms with Crippen molar-refractivity contribution in [2.45, 2.75) is 39.4 Å². The van der Waals surface area contributed by atoms with E-state index < -0.39 is 12.8 Å². The maximum Gasteiger partial charge on any atom is 0.422 e. The molecule has 2 N–H and O–H groups in total. The van der Waals surface area contributed by atoms with Gasteiger partial charge in [0.15, 0.2) is 12.6 Å². The number of guanidine groups is 1. The summed E-state index contributed by atoms with van der Waals surface area (Å²) in [6, 6.07) is 6.62. The van der Waals surface area contributed by atoms with Gasteiger partial charge < -0.3 is 20.1 Å². The zero-order valence-electron chi connectivity index (χ0n) is 15.8. The zero-order valence-corrected chi connectivity index (χ0v) is 18.1. The number of unbranched alkanes of at least 4 members (excludes halogenated alkanes) is 1. The number of aliphatic imine (C=N–C) groups is 1. The number of nitrogens with zero attached hydrogens (tertiary/aromatic N) is 1. The topological polar surface area (TPSA) is 54.9 Å². The molecular weight excluding hydrogens is 474 g/mol. The molecule has 5 nitrogen and oxygen atoms in total. The van der Waals surface area contributed by atoms with Crippen LogP contribution in [0.1, 0.15) is 32.3 Å². The van der Waals surface area contributed by atoms with Crippen LogP contribution in [0.25, 0.3) is 0 Å². The minimum Gasteiger partial charge on any atom is -0.484 e. The molecule has 1 aromatic carbocycles. The normalized spacial score (nSPS) is 11.7. The highest BCUT2D eigenvalue weighted by Gasteiger charge is 2.28. The summed E-state index contributed by atoms with van der Waals surface area (Å²) in [6.45, 7) is 5.70. The molecule has 156 valence electrons. The number of rotatable bonds is 11. The quantitative estimate of drug-likeness (QED) is 0.207. The molecule has 0 aliphatic carbocycles. The number of halogens is 4. The number of alkyl halides is 3. The van der Waals surface area contributed by atoms with Crippen LogP contribution in [-0.2, 0) is 11.3 Å². The molecule has 0 bridgehead atoms. The largest absolute Gasteiger partial charge is 0.484 e. The third-order valence-electron chi connectivity index (χ3n) is 3.33. The molecule has 0 unspecified atom stereocenters. The summed E-state index contributed by atoms with van der Waals surface area (Å²) in [5, 5.41) is 6.32. The van der Waals surface area contributed by atoms with Crippen molar-refractivity contribution in [2.24, 2.45) is 4.99 Å². The van der Waals surface area contributed by atoms with Gasteiger partial charge in [0.1, 0.15) is 5.75 Å². The fraction of sp³-hybridized carbons (Fsp3) is 0.611. The van der Waals surface area contributed by atoms with Crippen molar-refractivity contribution < 1.29 is 22.6 Å². The number of nitrogens with one attached hydrogen (secondary N) is 2. The van der Waals surface area contributed by atoms with E-state index in [9.17, 15) is 13.2 Å². The average Bonchev–Trinajstić information content (AvgIpc) is 2.60. The Kier molecular flexibility index (Phi) is 14.1. The highest BCUT2D eigenvalue weighted by molar-refractivity contribution is 14.0. The van der Waals surface area contributed by atoms with E-state index in [2.05, 4.69) is 15.6 Å². The first kappa shape index (κ1) is 25.8. The maximum atomic E-state index is 12.4. The molecule has 0 saturated heterocycles. The maximum absolute atomic E-state index is 12.4. The molecular formula is C18H29F3IN3O2. The monoisotopic (exact) mass is 503 g/mol. The first-order valence-electron chi connectivity index (χ1n) is 8.83. The minimum absolute atomic E-state index is 0. The first-order valence-corrected chi connectivity index (χ1v) is 8.83. The van der Waals surface area contributed by atoms with Gasteiger partial charge in [0.25, 0.3) is 0 Å². The average molecular weight is 503 g/mol. The third-order valence-corrected chi connectivity index (χ3v) is 3.33. The molecule has 0 radical (unpaired) electrons. The second-order valence-electron chi connectivity index (χ2n) is 5.54. The standard InChI is InChI=1S/C18H28F3N3O2.HI/c1-3-22-17(23-11-7-8-12-25-4-2)24-13-15-9-5-6-10-16(15)26-14-18(19,20)21;/h5-6,9-10H,3-4,7-8,11-14H2,1-2H3,(H2,22,23,24);1H. The summed E-state index contributed by atoms with van der Waals surface area (Å²) in [5.74, 6) is 0.815. The summed E-state index contributed by atoms with van der Waals surface area (Å²) in [5.41, 5.74) is 0.602.